The number of carbonyl (C=O) groups is 2. The number of benzene rings is 1. The smallest absolute Gasteiger partial charge is 0.323 e. The van der Waals surface area contributed by atoms with Crippen molar-refractivity contribution < 1.29 is 9.59 Å². The van der Waals surface area contributed by atoms with Gasteiger partial charge in [-0.15, -0.1) is 0 Å². The number of nitrogens with zero attached hydrogens (tertiary/aromatic N) is 3. The van der Waals surface area contributed by atoms with Gasteiger partial charge in [0.25, 0.3) is 5.91 Å². The van der Waals surface area contributed by atoms with Crippen LogP contribution in [0.2, 0.25) is 0 Å². The molecule has 2 heterocycles. The van der Waals surface area contributed by atoms with Gasteiger partial charge in [-0.05, 0) is 31.9 Å². The quantitative estimate of drug-likeness (QED) is 0.854. The van der Waals surface area contributed by atoms with E-state index in [0.717, 1.165) is 55.3 Å². The van der Waals surface area contributed by atoms with Crippen molar-refractivity contribution in [1.29, 1.82) is 0 Å². The van der Waals surface area contributed by atoms with Crippen molar-refractivity contribution in [3.63, 3.8) is 0 Å². The van der Waals surface area contributed by atoms with Crippen LogP contribution in [0.25, 0.3) is 11.0 Å². The molecule has 0 atom stereocenters. The molecule has 3 amide bonds. The van der Waals surface area contributed by atoms with E-state index in [1.54, 1.807) is 0 Å². The Morgan fingerprint density at radius 2 is 1.68 bits per heavy atom. The highest BCUT2D eigenvalue weighted by Crippen LogP contribution is 2.33. The Morgan fingerprint density at radius 1 is 1.04 bits per heavy atom. The predicted molar refractivity (Wildman–Crippen MR) is 93.8 cm³/mol. The molecule has 0 radical (unpaired) electrons. The first-order valence-corrected chi connectivity index (χ1v) is 8.95. The second-order valence-electron chi connectivity index (χ2n) is 7.06. The van der Waals surface area contributed by atoms with Crippen molar-refractivity contribution in [3.05, 3.63) is 35.7 Å². The molecule has 1 saturated heterocycles. The Hall–Kier alpha value is -2.50. The van der Waals surface area contributed by atoms with Crippen LogP contribution in [-0.2, 0) is 11.3 Å². The minimum absolute atomic E-state index is 0.103. The molecule has 2 aromatic rings. The van der Waals surface area contributed by atoms with E-state index in [-0.39, 0.29) is 18.5 Å². The van der Waals surface area contributed by atoms with Crippen LogP contribution in [-0.4, -0.2) is 32.3 Å². The fraction of sp³-hybridized carbons (Fsp3) is 0.474. The maximum atomic E-state index is 13.0. The topological polar surface area (TPSA) is 75.2 Å². The Labute approximate surface area is 146 Å². The van der Waals surface area contributed by atoms with Gasteiger partial charge in [-0.3, -0.25) is 9.69 Å². The van der Waals surface area contributed by atoms with Crippen LogP contribution in [0.5, 0.6) is 0 Å². The molecule has 4 rings (SSSR count). The second-order valence-corrected chi connectivity index (χ2v) is 7.06. The first-order valence-electron chi connectivity index (χ1n) is 8.95. The summed E-state index contributed by atoms with van der Waals surface area (Å²) in [7, 11) is 0. The third-order valence-electron chi connectivity index (χ3n) is 5.35. The summed E-state index contributed by atoms with van der Waals surface area (Å²) in [6.07, 6.45) is 5.68. The predicted octanol–water partition coefficient (Wildman–Crippen LogP) is 3.08. The monoisotopic (exact) mass is 338 g/mol. The van der Waals surface area contributed by atoms with Crippen LogP contribution < -0.4 is 5.32 Å². The zero-order valence-electron chi connectivity index (χ0n) is 14.4. The summed E-state index contributed by atoms with van der Waals surface area (Å²) < 4.78 is 0. The first kappa shape index (κ1) is 16.0. The van der Waals surface area contributed by atoms with Crippen molar-refractivity contribution in [2.75, 3.05) is 0 Å². The Balaban J connectivity index is 1.63. The summed E-state index contributed by atoms with van der Waals surface area (Å²) in [4.78, 5) is 36.0. The zero-order chi connectivity index (χ0) is 17.4. The number of urea groups is 1. The lowest BCUT2D eigenvalue weighted by Gasteiger charge is -2.24. The van der Waals surface area contributed by atoms with Crippen LogP contribution in [0.4, 0.5) is 4.79 Å². The highest BCUT2D eigenvalue weighted by Gasteiger charge is 2.50. The molecule has 2 aliphatic rings. The van der Waals surface area contributed by atoms with E-state index in [2.05, 4.69) is 15.3 Å². The minimum atomic E-state index is -0.703. The molecule has 1 N–H and O–H groups in total. The van der Waals surface area contributed by atoms with Gasteiger partial charge in [0.05, 0.1) is 29.0 Å². The summed E-state index contributed by atoms with van der Waals surface area (Å²) in [6, 6.07) is 7.33. The second kappa shape index (κ2) is 6.10. The van der Waals surface area contributed by atoms with Crippen molar-refractivity contribution in [3.8, 4) is 0 Å². The lowest BCUT2D eigenvalue weighted by molar-refractivity contribution is -0.132. The molecule has 0 bridgehead atoms. The molecule has 130 valence electrons. The highest BCUT2D eigenvalue weighted by molar-refractivity contribution is 6.07. The van der Waals surface area contributed by atoms with E-state index in [0.29, 0.717) is 5.69 Å². The Bertz CT molecular complexity index is 840. The van der Waals surface area contributed by atoms with Crippen molar-refractivity contribution in [1.82, 2.24) is 20.2 Å². The molecular formula is C19H22N4O2. The average molecular weight is 338 g/mol. The SMILES string of the molecule is Cc1nc2ccccc2nc1CN1C(=O)NC2(CCCCCC2)C1=O. The normalized spacial score (nSPS) is 20.1. The third-order valence-corrected chi connectivity index (χ3v) is 5.35. The van der Waals surface area contributed by atoms with E-state index in [9.17, 15) is 9.59 Å². The largest absolute Gasteiger partial charge is 0.325 e. The number of carbonyl (C=O) groups excluding carboxylic acids is 2. The molecule has 2 fully saturated rings. The molecule has 1 aromatic heterocycles. The Kier molecular flexibility index (Phi) is 3.90. The lowest BCUT2D eigenvalue weighted by atomic mass is 9.90. The van der Waals surface area contributed by atoms with Crippen LogP contribution >= 0.6 is 0 Å². The summed E-state index contributed by atoms with van der Waals surface area (Å²) >= 11 is 0. The van der Waals surface area contributed by atoms with Gasteiger partial charge in [0.1, 0.15) is 5.54 Å². The molecule has 1 saturated carbocycles. The number of amides is 3. The van der Waals surface area contributed by atoms with Crippen LogP contribution in [0.3, 0.4) is 0 Å². The van der Waals surface area contributed by atoms with E-state index in [4.69, 9.17) is 0 Å². The summed E-state index contributed by atoms with van der Waals surface area (Å²) in [5.74, 6) is -0.103. The van der Waals surface area contributed by atoms with Gasteiger partial charge in [-0.2, -0.15) is 0 Å². The molecule has 1 aliphatic carbocycles. The molecule has 1 aliphatic heterocycles. The molecule has 6 nitrogen and oxygen atoms in total. The fourth-order valence-electron chi connectivity index (χ4n) is 3.92. The summed E-state index contributed by atoms with van der Waals surface area (Å²) in [6.45, 7) is 2.05. The van der Waals surface area contributed by atoms with Crippen LogP contribution in [0.1, 0.15) is 49.9 Å². The molecule has 25 heavy (non-hydrogen) atoms. The minimum Gasteiger partial charge on any atom is -0.323 e. The van der Waals surface area contributed by atoms with E-state index in [1.165, 1.54) is 4.90 Å². The first-order chi connectivity index (χ1) is 12.1. The highest BCUT2D eigenvalue weighted by atomic mass is 16.2. The van der Waals surface area contributed by atoms with E-state index >= 15 is 0 Å². The maximum absolute atomic E-state index is 13.0. The zero-order valence-corrected chi connectivity index (χ0v) is 14.4. The molecule has 1 spiro atoms. The van der Waals surface area contributed by atoms with Gasteiger partial charge in [-0.1, -0.05) is 37.8 Å². The average Bonchev–Trinajstić information content (AvgIpc) is 2.77. The number of imide groups is 1. The fourth-order valence-corrected chi connectivity index (χ4v) is 3.92. The van der Waals surface area contributed by atoms with Crippen LogP contribution in [0, 0.1) is 6.92 Å². The molecule has 1 aromatic carbocycles. The van der Waals surface area contributed by atoms with Gasteiger partial charge < -0.3 is 5.32 Å². The van der Waals surface area contributed by atoms with E-state index in [1.807, 2.05) is 31.2 Å². The van der Waals surface area contributed by atoms with Crippen molar-refractivity contribution >= 4 is 23.0 Å². The van der Waals surface area contributed by atoms with Crippen molar-refractivity contribution in [2.24, 2.45) is 0 Å². The van der Waals surface area contributed by atoms with Gasteiger partial charge in [0, 0.05) is 0 Å². The number of aromatic nitrogens is 2. The number of rotatable bonds is 2. The standard InChI is InChI=1S/C19H22N4O2/c1-13-16(21-15-9-5-4-8-14(15)20-13)12-23-17(24)19(22-18(23)25)10-6-2-3-7-11-19/h4-5,8-9H,2-3,6-7,10-12H2,1H3,(H,22,25). The summed E-state index contributed by atoms with van der Waals surface area (Å²) in [5, 5.41) is 2.98. The number of hydrogen-bond acceptors (Lipinski definition) is 4. The van der Waals surface area contributed by atoms with Gasteiger partial charge in [0.2, 0.25) is 0 Å². The van der Waals surface area contributed by atoms with Gasteiger partial charge in [0.15, 0.2) is 0 Å². The van der Waals surface area contributed by atoms with Crippen LogP contribution in [0.15, 0.2) is 24.3 Å². The number of hydrogen-bond donors (Lipinski definition) is 1. The lowest BCUT2D eigenvalue weighted by Crippen LogP contribution is -2.46. The van der Waals surface area contributed by atoms with Crippen molar-refractivity contribution in [2.45, 2.75) is 57.5 Å². The number of fused-ring (bicyclic) bond motifs is 1. The molecular weight excluding hydrogens is 316 g/mol. The Morgan fingerprint density at radius 3 is 2.36 bits per heavy atom. The van der Waals surface area contributed by atoms with Gasteiger partial charge >= 0.3 is 6.03 Å². The molecule has 6 heteroatoms. The number of nitrogens with one attached hydrogen (secondary N) is 1. The maximum Gasteiger partial charge on any atom is 0.325 e. The third kappa shape index (κ3) is 2.75. The van der Waals surface area contributed by atoms with Gasteiger partial charge in [-0.25, -0.2) is 14.8 Å². The van der Waals surface area contributed by atoms with E-state index < -0.39 is 5.54 Å². The number of aryl methyl sites for hydroxylation is 1. The molecule has 0 unspecified atom stereocenters. The summed E-state index contributed by atoms with van der Waals surface area (Å²) in [5.41, 5.74) is 2.32. The number of para-hydroxylation sites is 2.